The number of fused-ring (bicyclic) bond motifs is 2. The van der Waals surface area contributed by atoms with Crippen molar-refractivity contribution in [3.63, 3.8) is 0 Å². The van der Waals surface area contributed by atoms with Crippen LogP contribution in [0.1, 0.15) is 26.2 Å². The summed E-state index contributed by atoms with van der Waals surface area (Å²) in [6.45, 7) is 2.05. The van der Waals surface area contributed by atoms with Gasteiger partial charge >= 0.3 is 0 Å². The summed E-state index contributed by atoms with van der Waals surface area (Å²) in [6, 6.07) is 0. The molecule has 0 spiro atoms. The Balaban J connectivity index is 2.37. The van der Waals surface area contributed by atoms with E-state index in [1.807, 2.05) is 6.92 Å². The van der Waals surface area contributed by atoms with E-state index in [-0.39, 0.29) is 5.78 Å². The highest BCUT2D eigenvalue weighted by Gasteiger charge is 2.47. The molecule has 1 fully saturated rings. The molecule has 2 unspecified atom stereocenters. The molecule has 0 aliphatic heterocycles. The molecule has 2 atom stereocenters. The van der Waals surface area contributed by atoms with Crippen molar-refractivity contribution < 1.29 is 9.53 Å². The van der Waals surface area contributed by atoms with Gasteiger partial charge in [0.15, 0.2) is 5.78 Å². The second-order valence-electron chi connectivity index (χ2n) is 3.89. The molecule has 0 amide bonds. The highest BCUT2D eigenvalue weighted by molar-refractivity contribution is 5.99. The predicted octanol–water partition coefficient (Wildman–Crippen LogP) is 1.70. The van der Waals surface area contributed by atoms with Crippen molar-refractivity contribution in [2.24, 2.45) is 5.92 Å². The Hall–Kier alpha value is -0.630. The van der Waals surface area contributed by atoms with E-state index in [1.54, 1.807) is 13.2 Å². The van der Waals surface area contributed by atoms with E-state index < -0.39 is 5.60 Å². The highest BCUT2D eigenvalue weighted by atomic mass is 16.5. The van der Waals surface area contributed by atoms with Gasteiger partial charge < -0.3 is 4.74 Å². The van der Waals surface area contributed by atoms with Crippen LogP contribution < -0.4 is 0 Å². The Kier molecular flexibility index (Phi) is 1.62. The molecule has 66 valence electrons. The van der Waals surface area contributed by atoms with Crippen LogP contribution >= 0.6 is 0 Å². The lowest BCUT2D eigenvalue weighted by atomic mass is 9.85. The van der Waals surface area contributed by atoms with E-state index in [1.165, 1.54) is 5.57 Å². The Morgan fingerprint density at radius 1 is 1.67 bits per heavy atom. The van der Waals surface area contributed by atoms with Gasteiger partial charge in [-0.1, -0.05) is 5.57 Å². The minimum absolute atomic E-state index is 0.177. The maximum Gasteiger partial charge on any atom is 0.187 e. The smallest absolute Gasteiger partial charge is 0.187 e. The summed E-state index contributed by atoms with van der Waals surface area (Å²) in [6.07, 6.45) is 4.69. The van der Waals surface area contributed by atoms with Crippen molar-refractivity contribution in [1.29, 1.82) is 0 Å². The summed E-state index contributed by atoms with van der Waals surface area (Å²) in [7, 11) is 1.65. The molecule has 0 N–H and O–H groups in total. The van der Waals surface area contributed by atoms with Gasteiger partial charge in [-0.3, -0.25) is 4.79 Å². The summed E-state index contributed by atoms with van der Waals surface area (Å²) in [5, 5.41) is 0. The minimum atomic E-state index is -0.440. The maximum atomic E-state index is 11.6. The predicted molar refractivity (Wildman–Crippen MR) is 45.8 cm³/mol. The number of hydrogen-bond acceptors (Lipinski definition) is 2. The van der Waals surface area contributed by atoms with Gasteiger partial charge in [0, 0.05) is 7.11 Å². The van der Waals surface area contributed by atoms with Crippen LogP contribution in [0.2, 0.25) is 0 Å². The quantitative estimate of drug-likeness (QED) is 0.592. The topological polar surface area (TPSA) is 26.3 Å². The third-order valence-corrected chi connectivity index (χ3v) is 3.32. The van der Waals surface area contributed by atoms with Crippen LogP contribution in [-0.2, 0) is 9.53 Å². The number of carbonyl (C=O) groups excluding carboxylic acids is 1. The summed E-state index contributed by atoms with van der Waals surface area (Å²) in [5.41, 5.74) is 0.801. The molecule has 0 aromatic carbocycles. The van der Waals surface area contributed by atoms with Gasteiger partial charge in [0.25, 0.3) is 0 Å². The fourth-order valence-corrected chi connectivity index (χ4v) is 2.36. The van der Waals surface area contributed by atoms with Crippen molar-refractivity contribution in [2.75, 3.05) is 7.11 Å². The third-order valence-electron chi connectivity index (χ3n) is 3.32. The van der Waals surface area contributed by atoms with Crippen molar-refractivity contribution in [2.45, 2.75) is 31.8 Å². The average molecular weight is 166 g/mol. The van der Waals surface area contributed by atoms with Crippen LogP contribution in [0, 0.1) is 5.92 Å². The second kappa shape index (κ2) is 2.43. The normalized spacial score (nSPS) is 40.0. The fraction of sp³-hybridized carbons (Fsp3) is 0.700. The molecule has 0 heterocycles. The lowest BCUT2D eigenvalue weighted by Crippen LogP contribution is -2.39. The number of rotatable bonds is 1. The summed E-state index contributed by atoms with van der Waals surface area (Å²) < 4.78 is 5.34. The van der Waals surface area contributed by atoms with E-state index in [9.17, 15) is 4.79 Å². The van der Waals surface area contributed by atoms with Crippen LogP contribution in [-0.4, -0.2) is 18.5 Å². The molecule has 2 aliphatic rings. The molecule has 2 aliphatic carbocycles. The van der Waals surface area contributed by atoms with Crippen LogP contribution in [0.5, 0.6) is 0 Å². The average Bonchev–Trinajstić information content (AvgIpc) is 2.44. The zero-order chi connectivity index (χ0) is 8.77. The van der Waals surface area contributed by atoms with Gasteiger partial charge in [-0.25, -0.2) is 0 Å². The summed E-state index contributed by atoms with van der Waals surface area (Å²) in [4.78, 5) is 11.6. The number of allylic oxidation sites excluding steroid dienone is 1. The highest BCUT2D eigenvalue weighted by Crippen LogP contribution is 2.44. The van der Waals surface area contributed by atoms with E-state index in [4.69, 9.17) is 4.74 Å². The molecule has 2 rings (SSSR count). The van der Waals surface area contributed by atoms with E-state index in [0.717, 1.165) is 19.3 Å². The minimum Gasteiger partial charge on any atom is -0.370 e. The second-order valence-corrected chi connectivity index (χ2v) is 3.89. The molecule has 1 saturated carbocycles. The molecule has 0 aromatic rings. The van der Waals surface area contributed by atoms with Crippen LogP contribution in [0.3, 0.4) is 0 Å². The lowest BCUT2D eigenvalue weighted by molar-refractivity contribution is -0.136. The zero-order valence-corrected chi connectivity index (χ0v) is 7.59. The van der Waals surface area contributed by atoms with Crippen LogP contribution in [0.4, 0.5) is 0 Å². The Bertz CT molecular complexity index is 255. The third kappa shape index (κ3) is 0.876. The molecule has 0 aromatic heterocycles. The first-order valence-corrected chi connectivity index (χ1v) is 4.46. The standard InChI is InChI=1S/C10H14O2/c1-7-5-9(11)10(12-2)4-3-8(7)6-10/h5,8H,3-4,6H2,1-2H3. The van der Waals surface area contributed by atoms with Crippen molar-refractivity contribution in [3.8, 4) is 0 Å². The summed E-state index contributed by atoms with van der Waals surface area (Å²) in [5.74, 6) is 0.777. The van der Waals surface area contributed by atoms with Crippen LogP contribution in [0.25, 0.3) is 0 Å². The number of methoxy groups -OCH3 is 1. The van der Waals surface area contributed by atoms with Gasteiger partial charge in [-0.05, 0) is 38.2 Å². The number of ketones is 1. The van der Waals surface area contributed by atoms with E-state index in [2.05, 4.69) is 0 Å². The van der Waals surface area contributed by atoms with Crippen molar-refractivity contribution >= 4 is 5.78 Å². The van der Waals surface area contributed by atoms with Gasteiger partial charge in [0.05, 0.1) is 0 Å². The number of ether oxygens (including phenoxy) is 1. The SMILES string of the molecule is COC12CCC(C1)C(C)=CC2=O. The maximum absolute atomic E-state index is 11.6. The van der Waals surface area contributed by atoms with Crippen molar-refractivity contribution in [3.05, 3.63) is 11.6 Å². The number of hydrogen-bond donors (Lipinski definition) is 0. The molecule has 12 heavy (non-hydrogen) atoms. The molecular weight excluding hydrogens is 152 g/mol. The van der Waals surface area contributed by atoms with Crippen LogP contribution in [0.15, 0.2) is 11.6 Å². The van der Waals surface area contributed by atoms with Gasteiger partial charge in [0.2, 0.25) is 0 Å². The van der Waals surface area contributed by atoms with Gasteiger partial charge in [-0.2, -0.15) is 0 Å². The Labute approximate surface area is 72.6 Å². The first-order chi connectivity index (χ1) is 5.68. The molecule has 2 heteroatoms. The molecule has 2 nitrogen and oxygen atoms in total. The molecule has 2 bridgehead atoms. The van der Waals surface area contributed by atoms with E-state index >= 15 is 0 Å². The first-order valence-electron chi connectivity index (χ1n) is 4.46. The number of carbonyl (C=O) groups is 1. The monoisotopic (exact) mass is 166 g/mol. The summed E-state index contributed by atoms with van der Waals surface area (Å²) >= 11 is 0. The Morgan fingerprint density at radius 3 is 3.08 bits per heavy atom. The largest absolute Gasteiger partial charge is 0.370 e. The van der Waals surface area contributed by atoms with E-state index in [0.29, 0.717) is 5.92 Å². The molecule has 0 saturated heterocycles. The molecular formula is C10H14O2. The molecule has 0 radical (unpaired) electrons. The van der Waals surface area contributed by atoms with Gasteiger partial charge in [-0.15, -0.1) is 0 Å². The Morgan fingerprint density at radius 2 is 2.42 bits per heavy atom. The van der Waals surface area contributed by atoms with Gasteiger partial charge in [0.1, 0.15) is 5.60 Å². The lowest BCUT2D eigenvalue weighted by Gasteiger charge is -2.28. The first kappa shape index (κ1) is 7.99. The fourth-order valence-electron chi connectivity index (χ4n) is 2.36. The zero-order valence-electron chi connectivity index (χ0n) is 7.59. The van der Waals surface area contributed by atoms with Crippen molar-refractivity contribution in [1.82, 2.24) is 0 Å².